The Bertz CT molecular complexity index is 1590. The van der Waals surface area contributed by atoms with Crippen LogP contribution in [0.15, 0.2) is 72.6 Å². The summed E-state index contributed by atoms with van der Waals surface area (Å²) in [5.41, 5.74) is 2.86. The summed E-state index contributed by atoms with van der Waals surface area (Å²) in [4.78, 5) is 45.3. The van der Waals surface area contributed by atoms with Gasteiger partial charge in [0.05, 0.1) is 28.1 Å². The van der Waals surface area contributed by atoms with Gasteiger partial charge < -0.3 is 15.4 Å². The molecule has 2 aromatic carbocycles. The molecule has 8 nitrogen and oxygen atoms in total. The van der Waals surface area contributed by atoms with Crippen LogP contribution in [0.2, 0.25) is 0 Å². The highest BCUT2D eigenvalue weighted by Gasteiger charge is 2.33. The quantitative estimate of drug-likeness (QED) is 0.350. The molecule has 36 heavy (non-hydrogen) atoms. The molecule has 0 saturated carbocycles. The molecule has 2 aliphatic rings. The number of nitrogens with zero attached hydrogens (tertiary/aromatic N) is 2. The van der Waals surface area contributed by atoms with Gasteiger partial charge in [-0.3, -0.25) is 14.5 Å². The Morgan fingerprint density at radius 2 is 1.92 bits per heavy atom. The highest BCUT2D eigenvalue weighted by molar-refractivity contribution is 7.21. The lowest BCUT2D eigenvalue weighted by Gasteiger charge is -2.29. The molecule has 3 heterocycles. The van der Waals surface area contributed by atoms with E-state index in [-0.39, 0.29) is 5.78 Å². The molecular weight excluding hydrogens is 476 g/mol. The number of Topliss-reactive ketones (excluding diaryl/α,β-unsaturated/α-hetero) is 1. The first-order valence-electron chi connectivity index (χ1n) is 11.4. The first-order valence-corrected chi connectivity index (χ1v) is 12.2. The van der Waals surface area contributed by atoms with Gasteiger partial charge in [-0.05, 0) is 55.3 Å². The normalized spacial score (nSPS) is 14.6. The molecule has 6 rings (SSSR count). The average molecular weight is 497 g/mol. The number of ether oxygens (including phenoxy) is 1. The molecule has 0 spiro atoms. The summed E-state index contributed by atoms with van der Waals surface area (Å²) in [5.74, 6) is 0.848. The fourth-order valence-corrected chi connectivity index (χ4v) is 5.46. The van der Waals surface area contributed by atoms with E-state index in [4.69, 9.17) is 4.74 Å². The van der Waals surface area contributed by atoms with Crippen molar-refractivity contribution in [3.8, 4) is 11.5 Å². The monoisotopic (exact) mass is 496 g/mol. The van der Waals surface area contributed by atoms with Crippen LogP contribution >= 0.6 is 11.3 Å². The topological polar surface area (TPSA) is 101 Å². The van der Waals surface area contributed by atoms with Crippen molar-refractivity contribution >= 4 is 56.3 Å². The average Bonchev–Trinajstić information content (AvgIpc) is 3.45. The zero-order valence-corrected chi connectivity index (χ0v) is 20.0. The minimum Gasteiger partial charge on any atom is -0.457 e. The van der Waals surface area contributed by atoms with Crippen LogP contribution in [-0.2, 0) is 4.79 Å². The molecule has 1 aliphatic carbocycles. The standard InChI is InChI=1S/C27H20N4O4S/c1-15-14-17(35-16-6-3-2-4-7-16)10-11-19(15)31-20-12-13-28-26-22(20)23(30-27(31)34)24(36-26)25(33)29-18-8-5-9-21(18)32/h2-4,6-8,10-14H,5,9H2,1H3,(H,29,33)(H,30,34). The van der Waals surface area contributed by atoms with Gasteiger partial charge in [0.15, 0.2) is 5.78 Å². The van der Waals surface area contributed by atoms with Crippen molar-refractivity contribution in [3.63, 3.8) is 0 Å². The highest BCUT2D eigenvalue weighted by atomic mass is 32.1. The third-order valence-corrected chi connectivity index (χ3v) is 7.21. The number of carbonyl (C=O) groups is 3. The molecule has 0 saturated heterocycles. The van der Waals surface area contributed by atoms with Gasteiger partial charge in [-0.15, -0.1) is 11.3 Å². The highest BCUT2D eigenvalue weighted by Crippen LogP contribution is 2.46. The molecule has 4 aromatic rings. The number of pyridine rings is 1. The Morgan fingerprint density at radius 3 is 2.67 bits per heavy atom. The Morgan fingerprint density at radius 1 is 1.08 bits per heavy atom. The maximum absolute atomic E-state index is 13.4. The lowest BCUT2D eigenvalue weighted by atomic mass is 10.1. The molecule has 0 atom stereocenters. The van der Waals surface area contributed by atoms with Gasteiger partial charge in [0.25, 0.3) is 5.91 Å². The van der Waals surface area contributed by atoms with Crippen molar-refractivity contribution < 1.29 is 19.1 Å². The van der Waals surface area contributed by atoms with Crippen LogP contribution in [0.3, 0.4) is 0 Å². The predicted octanol–water partition coefficient (Wildman–Crippen LogP) is 6.06. The largest absolute Gasteiger partial charge is 0.457 e. The summed E-state index contributed by atoms with van der Waals surface area (Å²) in [6.45, 7) is 1.91. The zero-order chi connectivity index (χ0) is 24.8. The minimum absolute atomic E-state index is 0.0951. The molecule has 178 valence electrons. The second-order valence-corrected chi connectivity index (χ2v) is 9.48. The van der Waals surface area contributed by atoms with E-state index in [1.165, 1.54) is 11.3 Å². The maximum Gasteiger partial charge on any atom is 0.331 e. The minimum atomic E-state index is -0.437. The number of hydrogen-bond acceptors (Lipinski definition) is 6. The lowest BCUT2D eigenvalue weighted by Crippen LogP contribution is -2.35. The first kappa shape index (κ1) is 22.0. The summed E-state index contributed by atoms with van der Waals surface area (Å²) in [7, 11) is 0. The predicted molar refractivity (Wildman–Crippen MR) is 138 cm³/mol. The number of aryl methyl sites for hydroxylation is 1. The van der Waals surface area contributed by atoms with Gasteiger partial charge >= 0.3 is 6.03 Å². The molecule has 1 aliphatic heterocycles. The lowest BCUT2D eigenvalue weighted by molar-refractivity contribution is -0.115. The van der Waals surface area contributed by atoms with Gasteiger partial charge in [-0.1, -0.05) is 24.3 Å². The van der Waals surface area contributed by atoms with Crippen molar-refractivity contribution in [1.82, 2.24) is 10.3 Å². The van der Waals surface area contributed by atoms with Crippen LogP contribution in [0.5, 0.6) is 11.5 Å². The Kier molecular flexibility index (Phi) is 5.26. The van der Waals surface area contributed by atoms with Crippen LogP contribution in [0.1, 0.15) is 28.1 Å². The molecule has 0 bridgehead atoms. The number of aromatic nitrogens is 1. The molecule has 0 fully saturated rings. The Balaban J connectivity index is 1.37. The number of amides is 3. The molecule has 0 unspecified atom stereocenters. The van der Waals surface area contributed by atoms with Gasteiger partial charge in [0.2, 0.25) is 0 Å². The number of rotatable bonds is 5. The van der Waals surface area contributed by atoms with E-state index < -0.39 is 11.9 Å². The number of hydrogen-bond donors (Lipinski definition) is 2. The van der Waals surface area contributed by atoms with Gasteiger partial charge in [-0.25, -0.2) is 9.78 Å². The van der Waals surface area contributed by atoms with E-state index in [0.717, 1.165) is 11.3 Å². The molecule has 9 heteroatoms. The number of thiophene rings is 1. The third kappa shape index (κ3) is 3.70. The van der Waals surface area contributed by atoms with E-state index in [9.17, 15) is 14.4 Å². The van der Waals surface area contributed by atoms with Crippen molar-refractivity contribution in [2.45, 2.75) is 19.8 Å². The number of anilines is 3. The fourth-order valence-electron chi connectivity index (χ4n) is 4.45. The summed E-state index contributed by atoms with van der Waals surface area (Å²) >= 11 is 1.18. The summed E-state index contributed by atoms with van der Waals surface area (Å²) in [6, 6.07) is 16.4. The first-order chi connectivity index (χ1) is 17.5. The number of urea groups is 1. The number of ketones is 1. The SMILES string of the molecule is Cc1cc(Oc2ccccc2)ccc1N1C(=O)Nc2c(C(=O)NC3=CCCC3=O)sc3nccc1c23. The summed E-state index contributed by atoms with van der Waals surface area (Å²) in [5, 5.41) is 6.26. The van der Waals surface area contributed by atoms with E-state index >= 15 is 0 Å². The Hall–Kier alpha value is -4.50. The number of para-hydroxylation sites is 1. The van der Waals surface area contributed by atoms with Crippen LogP contribution in [0, 0.1) is 6.92 Å². The van der Waals surface area contributed by atoms with E-state index in [2.05, 4.69) is 15.6 Å². The van der Waals surface area contributed by atoms with Crippen molar-refractivity contribution in [1.29, 1.82) is 0 Å². The molecule has 2 N–H and O–H groups in total. The number of allylic oxidation sites excluding steroid dienone is 2. The number of nitrogens with one attached hydrogen (secondary N) is 2. The molecule has 0 radical (unpaired) electrons. The second-order valence-electron chi connectivity index (χ2n) is 8.48. The van der Waals surface area contributed by atoms with Crippen molar-refractivity contribution in [2.75, 3.05) is 10.2 Å². The van der Waals surface area contributed by atoms with Crippen LogP contribution in [0.4, 0.5) is 21.9 Å². The maximum atomic E-state index is 13.4. The molecular formula is C27H20N4O4S. The number of carbonyl (C=O) groups excluding carboxylic acids is 3. The van der Waals surface area contributed by atoms with Crippen LogP contribution < -0.4 is 20.3 Å². The third-order valence-electron chi connectivity index (χ3n) is 6.11. The van der Waals surface area contributed by atoms with E-state index in [0.29, 0.717) is 56.4 Å². The van der Waals surface area contributed by atoms with E-state index in [1.54, 1.807) is 23.2 Å². The summed E-state index contributed by atoms with van der Waals surface area (Å²) < 4.78 is 5.93. The molecule has 2 aromatic heterocycles. The smallest absolute Gasteiger partial charge is 0.331 e. The Labute approximate surface area is 210 Å². The van der Waals surface area contributed by atoms with Gasteiger partial charge in [0.1, 0.15) is 21.2 Å². The second kappa shape index (κ2) is 8.62. The van der Waals surface area contributed by atoms with Gasteiger partial charge in [-0.2, -0.15) is 0 Å². The van der Waals surface area contributed by atoms with Crippen LogP contribution in [-0.4, -0.2) is 22.7 Å². The van der Waals surface area contributed by atoms with Crippen molar-refractivity contribution in [3.05, 3.63) is 83.0 Å². The number of benzene rings is 2. The zero-order valence-electron chi connectivity index (χ0n) is 19.2. The summed E-state index contributed by atoms with van der Waals surface area (Å²) in [6.07, 6.45) is 4.34. The fraction of sp³-hybridized carbons (Fsp3) is 0.111. The van der Waals surface area contributed by atoms with E-state index in [1.807, 2.05) is 55.5 Å². The molecule has 3 amide bonds. The van der Waals surface area contributed by atoms with Gasteiger partial charge in [0, 0.05) is 12.6 Å². The van der Waals surface area contributed by atoms with Crippen LogP contribution in [0.25, 0.3) is 10.2 Å². The van der Waals surface area contributed by atoms with Crippen molar-refractivity contribution in [2.24, 2.45) is 0 Å².